The maximum absolute atomic E-state index is 12.6. The number of hydrogen-bond donors (Lipinski definition) is 1. The lowest BCUT2D eigenvalue weighted by molar-refractivity contribution is 0.102. The van der Waals surface area contributed by atoms with Crippen molar-refractivity contribution in [3.8, 4) is 11.5 Å². The largest absolute Gasteiger partial charge is 0.496 e. The quantitative estimate of drug-likeness (QED) is 0.847. The SMILES string of the molecule is COc1cc(SC)ccc1C(=O)Nc1c(C)cccc1OC. The minimum absolute atomic E-state index is 0.225. The molecule has 22 heavy (non-hydrogen) atoms. The predicted octanol–water partition coefficient (Wildman–Crippen LogP) is 3.99. The molecule has 0 bridgehead atoms. The van der Waals surface area contributed by atoms with Crippen LogP contribution in [0.15, 0.2) is 41.3 Å². The van der Waals surface area contributed by atoms with Gasteiger partial charge in [-0.25, -0.2) is 0 Å². The molecule has 0 aliphatic heterocycles. The highest BCUT2D eigenvalue weighted by Crippen LogP contribution is 2.30. The summed E-state index contributed by atoms with van der Waals surface area (Å²) in [6, 6.07) is 11.1. The Morgan fingerprint density at radius 2 is 1.82 bits per heavy atom. The van der Waals surface area contributed by atoms with E-state index < -0.39 is 0 Å². The van der Waals surface area contributed by atoms with E-state index >= 15 is 0 Å². The molecule has 0 saturated heterocycles. The summed E-state index contributed by atoms with van der Waals surface area (Å²) in [6.45, 7) is 1.92. The van der Waals surface area contributed by atoms with Crippen LogP contribution in [0.4, 0.5) is 5.69 Å². The molecule has 4 nitrogen and oxygen atoms in total. The van der Waals surface area contributed by atoms with E-state index in [1.807, 2.05) is 43.5 Å². The number of benzene rings is 2. The Kier molecular flexibility index (Phi) is 5.33. The van der Waals surface area contributed by atoms with Crippen molar-refractivity contribution in [2.75, 3.05) is 25.8 Å². The van der Waals surface area contributed by atoms with Gasteiger partial charge in [-0.1, -0.05) is 12.1 Å². The summed E-state index contributed by atoms with van der Waals surface area (Å²) < 4.78 is 10.6. The molecule has 0 aliphatic carbocycles. The van der Waals surface area contributed by atoms with Gasteiger partial charge in [0.15, 0.2) is 0 Å². The van der Waals surface area contributed by atoms with Crippen molar-refractivity contribution in [3.05, 3.63) is 47.5 Å². The monoisotopic (exact) mass is 317 g/mol. The van der Waals surface area contributed by atoms with Gasteiger partial charge in [0.25, 0.3) is 5.91 Å². The molecule has 5 heteroatoms. The van der Waals surface area contributed by atoms with Gasteiger partial charge in [-0.15, -0.1) is 11.8 Å². The van der Waals surface area contributed by atoms with Crippen LogP contribution >= 0.6 is 11.8 Å². The van der Waals surface area contributed by atoms with Gasteiger partial charge in [0, 0.05) is 4.90 Å². The van der Waals surface area contributed by atoms with E-state index in [9.17, 15) is 4.79 Å². The third kappa shape index (κ3) is 3.36. The van der Waals surface area contributed by atoms with E-state index in [1.54, 1.807) is 32.0 Å². The summed E-state index contributed by atoms with van der Waals surface area (Å²) in [5.41, 5.74) is 2.10. The number of anilines is 1. The molecule has 0 aliphatic rings. The lowest BCUT2D eigenvalue weighted by Crippen LogP contribution is -2.14. The van der Waals surface area contributed by atoms with Crippen molar-refractivity contribution in [2.24, 2.45) is 0 Å². The molecular formula is C17H19NO3S. The van der Waals surface area contributed by atoms with Gasteiger partial charge in [0.2, 0.25) is 0 Å². The van der Waals surface area contributed by atoms with Crippen LogP contribution in [0.3, 0.4) is 0 Å². The van der Waals surface area contributed by atoms with E-state index in [0.29, 0.717) is 22.7 Å². The zero-order valence-corrected chi connectivity index (χ0v) is 13.9. The number of hydrogen-bond acceptors (Lipinski definition) is 4. The van der Waals surface area contributed by atoms with Crippen LogP contribution in [-0.2, 0) is 0 Å². The highest BCUT2D eigenvalue weighted by molar-refractivity contribution is 7.98. The molecular weight excluding hydrogens is 298 g/mol. The summed E-state index contributed by atoms with van der Waals surface area (Å²) in [5, 5.41) is 2.91. The van der Waals surface area contributed by atoms with Crippen LogP contribution in [0.5, 0.6) is 11.5 Å². The Balaban J connectivity index is 2.34. The van der Waals surface area contributed by atoms with Crippen molar-refractivity contribution in [1.82, 2.24) is 0 Å². The van der Waals surface area contributed by atoms with Gasteiger partial charge >= 0.3 is 0 Å². The highest BCUT2D eigenvalue weighted by atomic mass is 32.2. The zero-order chi connectivity index (χ0) is 16.1. The summed E-state index contributed by atoms with van der Waals surface area (Å²) in [6.07, 6.45) is 1.98. The third-order valence-electron chi connectivity index (χ3n) is 3.35. The van der Waals surface area contributed by atoms with Gasteiger partial charge in [-0.2, -0.15) is 0 Å². The summed E-state index contributed by atoms with van der Waals surface area (Å²) >= 11 is 1.60. The first kappa shape index (κ1) is 16.2. The first-order valence-corrected chi connectivity index (χ1v) is 8.00. The van der Waals surface area contributed by atoms with Crippen LogP contribution < -0.4 is 14.8 Å². The Bertz CT molecular complexity index is 686. The van der Waals surface area contributed by atoms with E-state index in [4.69, 9.17) is 9.47 Å². The molecule has 2 aromatic rings. The third-order valence-corrected chi connectivity index (χ3v) is 4.07. The number of amides is 1. The molecule has 0 unspecified atom stereocenters. The fraction of sp³-hybridized carbons (Fsp3) is 0.235. The Hall–Kier alpha value is -2.14. The van der Waals surface area contributed by atoms with Crippen LogP contribution in [0.25, 0.3) is 0 Å². The average Bonchev–Trinajstić information content (AvgIpc) is 2.55. The second-order valence-electron chi connectivity index (χ2n) is 4.67. The topological polar surface area (TPSA) is 47.6 Å². The van der Waals surface area contributed by atoms with E-state index in [1.165, 1.54) is 0 Å². The maximum Gasteiger partial charge on any atom is 0.259 e. The van der Waals surface area contributed by atoms with E-state index in [2.05, 4.69) is 5.32 Å². The second kappa shape index (κ2) is 7.22. The number of thioether (sulfide) groups is 1. The molecule has 0 fully saturated rings. The van der Waals surface area contributed by atoms with Crippen LogP contribution in [0.2, 0.25) is 0 Å². The number of aryl methyl sites for hydroxylation is 1. The molecule has 0 heterocycles. The summed E-state index contributed by atoms with van der Waals surface area (Å²) in [7, 11) is 3.14. The average molecular weight is 317 g/mol. The summed E-state index contributed by atoms with van der Waals surface area (Å²) in [5.74, 6) is 0.960. The molecule has 0 saturated carbocycles. The van der Waals surface area contributed by atoms with Crippen LogP contribution in [0, 0.1) is 6.92 Å². The normalized spacial score (nSPS) is 10.2. The molecule has 1 amide bonds. The van der Waals surface area contributed by atoms with Crippen molar-refractivity contribution in [3.63, 3.8) is 0 Å². The van der Waals surface area contributed by atoms with Crippen LogP contribution in [-0.4, -0.2) is 26.4 Å². The van der Waals surface area contributed by atoms with Gasteiger partial charge in [0.05, 0.1) is 25.5 Å². The van der Waals surface area contributed by atoms with Crippen LogP contribution in [0.1, 0.15) is 15.9 Å². The van der Waals surface area contributed by atoms with Gasteiger partial charge in [-0.3, -0.25) is 4.79 Å². The fourth-order valence-electron chi connectivity index (χ4n) is 2.14. The highest BCUT2D eigenvalue weighted by Gasteiger charge is 2.16. The Labute approximate surface area is 134 Å². The maximum atomic E-state index is 12.6. The summed E-state index contributed by atoms with van der Waals surface area (Å²) in [4.78, 5) is 13.6. The number of carbonyl (C=O) groups excluding carboxylic acids is 1. The fourth-order valence-corrected chi connectivity index (χ4v) is 2.57. The molecule has 0 aromatic heterocycles. The number of nitrogens with one attached hydrogen (secondary N) is 1. The van der Waals surface area contributed by atoms with Gasteiger partial charge in [0.1, 0.15) is 11.5 Å². The molecule has 2 rings (SSSR count). The van der Waals surface area contributed by atoms with Gasteiger partial charge < -0.3 is 14.8 Å². The Morgan fingerprint density at radius 3 is 2.45 bits per heavy atom. The lowest BCUT2D eigenvalue weighted by atomic mass is 10.1. The number of rotatable bonds is 5. The first-order valence-electron chi connectivity index (χ1n) is 6.77. The zero-order valence-electron chi connectivity index (χ0n) is 13.1. The molecule has 0 spiro atoms. The van der Waals surface area contributed by atoms with E-state index in [-0.39, 0.29) is 5.91 Å². The van der Waals surface area contributed by atoms with Crippen molar-refractivity contribution in [1.29, 1.82) is 0 Å². The predicted molar refractivity (Wildman–Crippen MR) is 90.5 cm³/mol. The number of carbonyl (C=O) groups is 1. The van der Waals surface area contributed by atoms with Gasteiger partial charge in [-0.05, 0) is 43.0 Å². The number of ether oxygens (including phenoxy) is 2. The Morgan fingerprint density at radius 1 is 1.09 bits per heavy atom. The minimum Gasteiger partial charge on any atom is -0.496 e. The smallest absolute Gasteiger partial charge is 0.259 e. The molecule has 0 radical (unpaired) electrons. The van der Waals surface area contributed by atoms with E-state index in [0.717, 1.165) is 10.5 Å². The molecule has 2 aromatic carbocycles. The lowest BCUT2D eigenvalue weighted by Gasteiger charge is -2.14. The molecule has 116 valence electrons. The van der Waals surface area contributed by atoms with Crippen molar-refractivity contribution >= 4 is 23.4 Å². The standard InChI is InChI=1S/C17H19NO3S/c1-11-6-5-7-14(20-2)16(11)18-17(19)13-9-8-12(22-4)10-15(13)21-3/h5-10H,1-4H3,(H,18,19). The second-order valence-corrected chi connectivity index (χ2v) is 5.55. The van der Waals surface area contributed by atoms with Crippen molar-refractivity contribution < 1.29 is 14.3 Å². The van der Waals surface area contributed by atoms with Crippen molar-refractivity contribution in [2.45, 2.75) is 11.8 Å². The molecule has 1 N–H and O–H groups in total. The minimum atomic E-state index is -0.225. The number of para-hydroxylation sites is 1. The molecule has 0 atom stereocenters. The number of methoxy groups -OCH3 is 2. The first-order chi connectivity index (χ1) is 10.6.